The van der Waals surface area contributed by atoms with Gasteiger partial charge in [-0.05, 0) is 5.41 Å². The fourth-order valence-corrected chi connectivity index (χ4v) is 0.250. The lowest BCUT2D eigenvalue weighted by Crippen LogP contribution is -2.05. The molecule has 0 aliphatic heterocycles. The summed E-state index contributed by atoms with van der Waals surface area (Å²) in [7, 11) is 0. The molecule has 0 heterocycles. The van der Waals surface area contributed by atoms with Gasteiger partial charge in [-0.3, -0.25) is 0 Å². The second-order valence-electron chi connectivity index (χ2n) is 3.58. The van der Waals surface area contributed by atoms with E-state index in [2.05, 4.69) is 41.5 Å². The summed E-state index contributed by atoms with van der Waals surface area (Å²) in [5.74, 6) is 0. The Morgan fingerprint density at radius 2 is 1.00 bits per heavy atom. The number of hydrogen-bond acceptors (Lipinski definition) is 0. The average Bonchev–Trinajstić information content (AvgIpc) is 1.90. The monoisotopic (exact) mass is 160 g/mol. The third-order valence-corrected chi connectivity index (χ3v) is 1.91. The molecule has 0 aromatic rings. The Morgan fingerprint density at radius 3 is 1.00 bits per heavy atom. The van der Waals surface area contributed by atoms with Gasteiger partial charge in [-0.15, -0.1) is 0 Å². The van der Waals surface area contributed by atoms with E-state index in [1.54, 1.807) is 0 Å². The van der Waals surface area contributed by atoms with Crippen molar-refractivity contribution in [2.75, 3.05) is 0 Å². The number of hydrogen-bond donors (Lipinski definition) is 0. The normalized spacial score (nSPS) is 9.27. The third kappa shape index (κ3) is 17.8. The van der Waals surface area contributed by atoms with Crippen LogP contribution >= 0.6 is 0 Å². The van der Waals surface area contributed by atoms with Gasteiger partial charge < -0.3 is 0 Å². The summed E-state index contributed by atoms with van der Waals surface area (Å²) >= 11 is 0. The van der Waals surface area contributed by atoms with E-state index in [1.165, 1.54) is 19.3 Å². The molecule has 0 atom stereocenters. The molecule has 0 heteroatoms. The molecule has 0 amide bonds. The van der Waals surface area contributed by atoms with E-state index >= 15 is 0 Å². The molecule has 0 aromatic carbocycles. The van der Waals surface area contributed by atoms with Crippen LogP contribution in [0.1, 0.15) is 68.2 Å². The summed E-state index contributed by atoms with van der Waals surface area (Å²) in [6.07, 6.45) is 3.84. The van der Waals surface area contributed by atoms with E-state index in [4.69, 9.17) is 0 Å². The van der Waals surface area contributed by atoms with Gasteiger partial charge in [-0.2, -0.15) is 0 Å². The highest BCUT2D eigenvalue weighted by Gasteiger charge is 2.09. The van der Waals surface area contributed by atoms with Gasteiger partial charge in [-0.25, -0.2) is 0 Å². The molecule has 72 valence electrons. The Kier molecular flexibility index (Phi) is 15.6. The van der Waals surface area contributed by atoms with Crippen LogP contribution in [0.15, 0.2) is 0 Å². The van der Waals surface area contributed by atoms with Crippen molar-refractivity contribution in [2.45, 2.75) is 68.2 Å². The van der Waals surface area contributed by atoms with E-state index in [0.29, 0.717) is 5.41 Å². The minimum absolute atomic E-state index is 0. The Balaban J connectivity index is -0.000000140. The summed E-state index contributed by atoms with van der Waals surface area (Å²) in [4.78, 5) is 0. The van der Waals surface area contributed by atoms with E-state index < -0.39 is 0 Å². The maximum absolute atomic E-state index is 2.30. The van der Waals surface area contributed by atoms with Gasteiger partial charge in [0.25, 0.3) is 0 Å². The van der Waals surface area contributed by atoms with Crippen LogP contribution in [-0.2, 0) is 0 Å². The van der Waals surface area contributed by atoms with Crippen molar-refractivity contribution in [1.29, 1.82) is 0 Å². The van der Waals surface area contributed by atoms with Gasteiger partial charge in [0.15, 0.2) is 0 Å². The predicted octanol–water partition coefficient (Wildman–Crippen LogP) is 4.89. The first kappa shape index (κ1) is 17.2. The zero-order valence-electron chi connectivity index (χ0n) is 8.62. The molecule has 0 N–H and O–H groups in total. The summed E-state index contributed by atoms with van der Waals surface area (Å²) in [6, 6.07) is 0. The minimum atomic E-state index is 0. The lowest BCUT2D eigenvalue weighted by atomic mass is 9.88. The molecule has 0 rings (SSSR count). The van der Waals surface area contributed by atoms with E-state index in [0.717, 1.165) is 0 Å². The van der Waals surface area contributed by atoms with Crippen molar-refractivity contribution in [3.8, 4) is 0 Å². The highest BCUT2D eigenvalue weighted by atomic mass is 14.1. The Hall–Kier alpha value is 0. The van der Waals surface area contributed by atoms with Gasteiger partial charge in [0.1, 0.15) is 0 Å². The molecular formula is C11H28. The maximum atomic E-state index is 2.30. The summed E-state index contributed by atoms with van der Waals surface area (Å²) in [6.45, 7) is 13.3. The summed E-state index contributed by atoms with van der Waals surface area (Å²) in [5, 5.41) is 0. The Morgan fingerprint density at radius 1 is 0.818 bits per heavy atom. The molecule has 0 saturated heterocycles. The van der Waals surface area contributed by atoms with Crippen LogP contribution < -0.4 is 0 Å². The van der Waals surface area contributed by atoms with Crippen molar-refractivity contribution < 1.29 is 0 Å². The molecule has 0 bridgehead atoms. The van der Waals surface area contributed by atoms with Gasteiger partial charge in [0.2, 0.25) is 0 Å². The minimum Gasteiger partial charge on any atom is -0.0776 e. The van der Waals surface area contributed by atoms with Gasteiger partial charge in [0, 0.05) is 0 Å². The first-order valence-corrected chi connectivity index (χ1v) is 4.54. The summed E-state index contributed by atoms with van der Waals surface area (Å²) in [5.41, 5.74) is 0.583. The predicted molar refractivity (Wildman–Crippen MR) is 57.1 cm³/mol. The van der Waals surface area contributed by atoms with Crippen molar-refractivity contribution in [3.05, 3.63) is 0 Å². The maximum Gasteiger partial charge on any atom is -0.0359 e. The highest BCUT2D eigenvalue weighted by Crippen LogP contribution is 2.22. The first-order valence-electron chi connectivity index (χ1n) is 4.54. The molecule has 0 spiro atoms. The van der Waals surface area contributed by atoms with Crippen molar-refractivity contribution in [3.63, 3.8) is 0 Å². The van der Waals surface area contributed by atoms with E-state index in [1.807, 2.05) is 0 Å². The van der Waals surface area contributed by atoms with Crippen molar-refractivity contribution >= 4 is 0 Å². The standard InChI is InChI=1S/C7H16.C3H8.CH4/c1-5-7(3,4)6-2;1-3-2;/h5-6H2,1-4H3;3H2,1-2H3;1H4. The van der Waals surface area contributed by atoms with Crippen LogP contribution in [-0.4, -0.2) is 0 Å². The first-order chi connectivity index (χ1) is 4.54. The van der Waals surface area contributed by atoms with Crippen LogP contribution in [0.5, 0.6) is 0 Å². The molecule has 0 aliphatic carbocycles. The van der Waals surface area contributed by atoms with E-state index in [-0.39, 0.29) is 7.43 Å². The van der Waals surface area contributed by atoms with Gasteiger partial charge in [0.05, 0.1) is 0 Å². The van der Waals surface area contributed by atoms with Crippen molar-refractivity contribution in [2.24, 2.45) is 5.41 Å². The Labute approximate surface area is 74.4 Å². The smallest absolute Gasteiger partial charge is 0.0359 e. The Bertz CT molecular complexity index is 47.1. The molecule has 0 radical (unpaired) electrons. The van der Waals surface area contributed by atoms with Crippen molar-refractivity contribution in [1.82, 2.24) is 0 Å². The van der Waals surface area contributed by atoms with Crippen LogP contribution in [0.2, 0.25) is 0 Å². The topological polar surface area (TPSA) is 0 Å². The molecule has 11 heavy (non-hydrogen) atoms. The largest absolute Gasteiger partial charge is 0.0776 e. The van der Waals surface area contributed by atoms with Crippen LogP contribution in [0.3, 0.4) is 0 Å². The quantitative estimate of drug-likeness (QED) is 0.540. The molecular weight excluding hydrogens is 132 g/mol. The second kappa shape index (κ2) is 10.0. The van der Waals surface area contributed by atoms with Gasteiger partial charge >= 0.3 is 0 Å². The molecule has 0 aliphatic rings. The lowest BCUT2D eigenvalue weighted by molar-refractivity contribution is 0.338. The van der Waals surface area contributed by atoms with E-state index in [9.17, 15) is 0 Å². The average molecular weight is 160 g/mol. The summed E-state index contributed by atoms with van der Waals surface area (Å²) < 4.78 is 0. The molecule has 0 fully saturated rings. The van der Waals surface area contributed by atoms with Crippen LogP contribution in [0.4, 0.5) is 0 Å². The fourth-order valence-electron chi connectivity index (χ4n) is 0.250. The fraction of sp³-hybridized carbons (Fsp3) is 1.00. The lowest BCUT2D eigenvalue weighted by Gasteiger charge is -2.18. The molecule has 0 aromatic heterocycles. The van der Waals surface area contributed by atoms with Crippen LogP contribution in [0.25, 0.3) is 0 Å². The third-order valence-electron chi connectivity index (χ3n) is 1.91. The zero-order valence-corrected chi connectivity index (χ0v) is 8.62. The molecule has 0 unspecified atom stereocenters. The highest BCUT2D eigenvalue weighted by molar-refractivity contribution is 4.61. The zero-order chi connectivity index (χ0) is 8.62. The molecule has 0 nitrogen and oxygen atoms in total. The van der Waals surface area contributed by atoms with Crippen LogP contribution in [0, 0.1) is 5.41 Å². The van der Waals surface area contributed by atoms with Gasteiger partial charge in [-0.1, -0.05) is 68.2 Å². The second-order valence-corrected chi connectivity index (χ2v) is 3.58. The molecule has 0 saturated carbocycles. The number of rotatable bonds is 2. The SMILES string of the molecule is C.CCC.CCC(C)(C)CC.